The van der Waals surface area contributed by atoms with Gasteiger partial charge in [0.25, 0.3) is 0 Å². The Hall–Kier alpha value is -2.73. The molecule has 0 spiro atoms. The summed E-state index contributed by atoms with van der Waals surface area (Å²) in [6, 6.07) is 11.6. The molecule has 0 aliphatic heterocycles. The van der Waals surface area contributed by atoms with Crippen molar-refractivity contribution in [3.8, 4) is 0 Å². The van der Waals surface area contributed by atoms with E-state index in [2.05, 4.69) is 10.4 Å². The highest BCUT2D eigenvalue weighted by molar-refractivity contribution is 6.31. The van der Waals surface area contributed by atoms with Crippen LogP contribution in [0.25, 0.3) is 0 Å². The van der Waals surface area contributed by atoms with Crippen LogP contribution in [0.1, 0.15) is 28.6 Å². The molecule has 146 valence electrons. The molecule has 3 rings (SSSR count). The van der Waals surface area contributed by atoms with Crippen molar-refractivity contribution in [2.75, 3.05) is 0 Å². The van der Waals surface area contributed by atoms with Gasteiger partial charge in [0.05, 0.1) is 22.5 Å². The Morgan fingerprint density at radius 3 is 2.43 bits per heavy atom. The third kappa shape index (κ3) is 4.75. The maximum Gasteiger partial charge on any atom is 0.242 e. The molecule has 1 amide bonds. The molecular weight excluding hydrogens is 384 g/mol. The van der Waals surface area contributed by atoms with Gasteiger partial charge in [-0.25, -0.2) is 8.78 Å². The minimum absolute atomic E-state index is 0.0195. The minimum Gasteiger partial charge on any atom is -0.347 e. The van der Waals surface area contributed by atoms with Crippen molar-refractivity contribution in [2.45, 2.75) is 32.9 Å². The lowest BCUT2D eigenvalue weighted by Gasteiger charge is -2.20. The molecule has 0 radical (unpaired) electrons. The van der Waals surface area contributed by atoms with E-state index in [9.17, 15) is 13.6 Å². The first-order valence-corrected chi connectivity index (χ1v) is 9.20. The predicted molar refractivity (Wildman–Crippen MR) is 104 cm³/mol. The predicted octanol–water partition coefficient (Wildman–Crippen LogP) is 4.53. The number of rotatable bonds is 6. The minimum atomic E-state index is -0.516. The highest BCUT2D eigenvalue weighted by Gasteiger charge is 2.18. The Morgan fingerprint density at radius 1 is 1.14 bits per heavy atom. The first-order chi connectivity index (χ1) is 13.3. The second-order valence-corrected chi connectivity index (χ2v) is 7.03. The van der Waals surface area contributed by atoms with Gasteiger partial charge in [-0.05, 0) is 55.7 Å². The van der Waals surface area contributed by atoms with E-state index in [-0.39, 0.29) is 18.3 Å². The van der Waals surface area contributed by atoms with Crippen LogP contribution in [0.5, 0.6) is 0 Å². The average molecular weight is 404 g/mol. The van der Waals surface area contributed by atoms with E-state index in [0.717, 1.165) is 0 Å². The molecule has 0 bridgehead atoms. The van der Waals surface area contributed by atoms with Gasteiger partial charge in [0.15, 0.2) is 0 Å². The maximum absolute atomic E-state index is 13.7. The number of hydrogen-bond donors (Lipinski definition) is 1. The molecule has 7 heteroatoms. The van der Waals surface area contributed by atoms with Crippen LogP contribution in [-0.4, -0.2) is 15.7 Å². The molecule has 0 saturated carbocycles. The summed E-state index contributed by atoms with van der Waals surface area (Å²) in [5.74, 6) is -1.06. The largest absolute Gasteiger partial charge is 0.347 e. The molecule has 1 N–H and O–H groups in total. The lowest BCUT2D eigenvalue weighted by atomic mass is 9.98. The van der Waals surface area contributed by atoms with Crippen LogP contribution >= 0.6 is 11.6 Å². The summed E-state index contributed by atoms with van der Waals surface area (Å²) < 4.78 is 28.8. The zero-order valence-corrected chi connectivity index (χ0v) is 16.3. The molecule has 0 aliphatic rings. The van der Waals surface area contributed by atoms with Gasteiger partial charge in [-0.2, -0.15) is 5.10 Å². The van der Waals surface area contributed by atoms with Crippen molar-refractivity contribution in [3.05, 3.63) is 87.7 Å². The normalized spacial score (nSPS) is 12.0. The van der Waals surface area contributed by atoms with Crippen LogP contribution in [0.2, 0.25) is 5.02 Å². The van der Waals surface area contributed by atoms with Gasteiger partial charge in [-0.1, -0.05) is 35.9 Å². The van der Waals surface area contributed by atoms with Gasteiger partial charge in [0.1, 0.15) is 18.2 Å². The van der Waals surface area contributed by atoms with Gasteiger partial charge in [0.2, 0.25) is 5.91 Å². The fourth-order valence-electron chi connectivity index (χ4n) is 3.08. The molecule has 28 heavy (non-hydrogen) atoms. The number of hydrogen-bond acceptors (Lipinski definition) is 2. The third-order valence-corrected chi connectivity index (χ3v) is 5.05. The first-order valence-electron chi connectivity index (χ1n) is 8.82. The monoisotopic (exact) mass is 403 g/mol. The molecule has 0 aliphatic carbocycles. The molecule has 2 aromatic carbocycles. The quantitative estimate of drug-likeness (QED) is 0.657. The van der Waals surface area contributed by atoms with Gasteiger partial charge in [-0.15, -0.1) is 0 Å². The van der Waals surface area contributed by atoms with E-state index in [4.69, 9.17) is 11.6 Å². The molecule has 1 atom stereocenters. The topological polar surface area (TPSA) is 46.9 Å². The first kappa shape index (κ1) is 20.0. The van der Waals surface area contributed by atoms with Crippen molar-refractivity contribution in [1.82, 2.24) is 15.1 Å². The van der Waals surface area contributed by atoms with Gasteiger partial charge in [0, 0.05) is 0 Å². The maximum atomic E-state index is 13.7. The molecule has 1 unspecified atom stereocenters. The lowest BCUT2D eigenvalue weighted by Crippen LogP contribution is -2.33. The summed E-state index contributed by atoms with van der Waals surface area (Å²) in [7, 11) is 0. The summed E-state index contributed by atoms with van der Waals surface area (Å²) in [6.07, 6.45) is 0.324. The number of nitrogens with zero attached hydrogens (tertiary/aromatic N) is 2. The zero-order chi connectivity index (χ0) is 20.3. The van der Waals surface area contributed by atoms with Gasteiger partial charge in [-0.3, -0.25) is 9.48 Å². The van der Waals surface area contributed by atoms with Crippen LogP contribution in [-0.2, 0) is 17.8 Å². The molecule has 1 aromatic heterocycles. The Balaban J connectivity index is 1.82. The van der Waals surface area contributed by atoms with E-state index in [1.807, 2.05) is 0 Å². The number of benzene rings is 2. The van der Waals surface area contributed by atoms with Crippen LogP contribution in [0, 0.1) is 25.5 Å². The van der Waals surface area contributed by atoms with Crippen molar-refractivity contribution < 1.29 is 13.6 Å². The van der Waals surface area contributed by atoms with Crippen LogP contribution in [0.15, 0.2) is 48.5 Å². The van der Waals surface area contributed by atoms with Crippen molar-refractivity contribution >= 4 is 17.5 Å². The molecule has 3 aromatic rings. The van der Waals surface area contributed by atoms with Crippen LogP contribution < -0.4 is 5.32 Å². The summed E-state index contributed by atoms with van der Waals surface area (Å²) in [4.78, 5) is 12.6. The summed E-state index contributed by atoms with van der Waals surface area (Å²) in [6.45, 7) is 3.53. The second kappa shape index (κ2) is 8.52. The molecule has 4 nitrogen and oxygen atoms in total. The van der Waals surface area contributed by atoms with Crippen molar-refractivity contribution in [2.24, 2.45) is 0 Å². The zero-order valence-electron chi connectivity index (χ0n) is 15.5. The molecule has 0 saturated heterocycles. The number of nitrogens with one attached hydrogen (secondary N) is 1. The summed E-state index contributed by atoms with van der Waals surface area (Å²) >= 11 is 6.13. The Labute approximate surface area is 167 Å². The Bertz CT molecular complexity index is 1000. The number of aryl methyl sites for hydroxylation is 1. The SMILES string of the molecule is Cc1nn(CC(=O)NC(Cc2cccc(F)c2)c2cccc(F)c2)c(C)c1Cl. The van der Waals surface area contributed by atoms with E-state index in [1.54, 1.807) is 38.1 Å². The number of halogens is 3. The summed E-state index contributed by atoms with van der Waals surface area (Å²) in [5, 5.41) is 7.68. The van der Waals surface area contributed by atoms with E-state index in [1.165, 1.54) is 28.9 Å². The number of aromatic nitrogens is 2. The molecule has 0 fully saturated rings. The standard InChI is InChI=1S/C21H20ClF2N3O/c1-13-21(22)14(2)27(26-13)12-20(28)25-19(16-6-4-8-18(24)11-16)10-15-5-3-7-17(23)9-15/h3-9,11,19H,10,12H2,1-2H3,(H,25,28). The van der Waals surface area contributed by atoms with Crippen LogP contribution in [0.4, 0.5) is 8.78 Å². The lowest BCUT2D eigenvalue weighted by molar-refractivity contribution is -0.122. The molecule has 1 heterocycles. The van der Waals surface area contributed by atoms with E-state index < -0.39 is 11.9 Å². The highest BCUT2D eigenvalue weighted by Crippen LogP contribution is 2.21. The van der Waals surface area contributed by atoms with E-state index in [0.29, 0.717) is 34.0 Å². The Morgan fingerprint density at radius 2 is 1.82 bits per heavy atom. The highest BCUT2D eigenvalue weighted by atomic mass is 35.5. The number of carbonyl (C=O) groups is 1. The fraction of sp³-hybridized carbons (Fsp3) is 0.238. The van der Waals surface area contributed by atoms with E-state index >= 15 is 0 Å². The average Bonchev–Trinajstić information content (AvgIpc) is 2.88. The third-order valence-electron chi connectivity index (χ3n) is 4.50. The van der Waals surface area contributed by atoms with Crippen molar-refractivity contribution in [1.29, 1.82) is 0 Å². The number of carbonyl (C=O) groups excluding carboxylic acids is 1. The van der Waals surface area contributed by atoms with Crippen LogP contribution in [0.3, 0.4) is 0 Å². The molecular formula is C21H20ClF2N3O. The fourth-order valence-corrected chi connectivity index (χ4v) is 3.22. The number of amides is 1. The second-order valence-electron chi connectivity index (χ2n) is 6.65. The van der Waals surface area contributed by atoms with Crippen molar-refractivity contribution in [3.63, 3.8) is 0 Å². The van der Waals surface area contributed by atoms with Gasteiger partial charge >= 0.3 is 0 Å². The summed E-state index contributed by atoms with van der Waals surface area (Å²) in [5.41, 5.74) is 2.64. The smallest absolute Gasteiger partial charge is 0.242 e. The Kier molecular flexibility index (Phi) is 6.09. The van der Waals surface area contributed by atoms with Gasteiger partial charge < -0.3 is 5.32 Å².